The Morgan fingerprint density at radius 3 is 2.29 bits per heavy atom. The highest BCUT2D eigenvalue weighted by molar-refractivity contribution is 5.69. The van der Waals surface area contributed by atoms with Crippen LogP contribution < -0.4 is 26.2 Å². The normalized spacial score (nSPS) is 10.3. The fourth-order valence-corrected chi connectivity index (χ4v) is 1.51. The summed E-state index contributed by atoms with van der Waals surface area (Å²) in [5.41, 5.74) is 1.15. The first-order chi connectivity index (χ1) is 7.45. The van der Waals surface area contributed by atoms with Crippen molar-refractivity contribution in [3.63, 3.8) is 0 Å². The molecule has 0 spiro atoms. The number of rotatable bonds is 4. The van der Waals surface area contributed by atoms with Gasteiger partial charge in [0.2, 0.25) is 0 Å². The molecule has 0 radical (unpaired) electrons. The molecule has 0 saturated carbocycles. The summed E-state index contributed by atoms with van der Waals surface area (Å²) in [7, 11) is 4.20. The van der Waals surface area contributed by atoms with Crippen molar-refractivity contribution in [2.45, 2.75) is 6.92 Å². The summed E-state index contributed by atoms with van der Waals surface area (Å²) in [5, 5.41) is 0. The monoisotopic (exact) mass is 299 g/mol. The molecule has 0 N–H and O–H groups in total. The maximum absolute atomic E-state index is 10.8. The number of halogens is 1. The van der Waals surface area contributed by atoms with Gasteiger partial charge < -0.3 is 21.7 Å². The Labute approximate surface area is 113 Å². The standard InChI is InChI=1S/C13H18NO2.BrH/c1-5-10-14(3,4)12-6-8-13(9-7-12)16-11(2)15;/h5-9H,1,10H2,2-4H3;1H/q+1;/p-1. The highest BCUT2D eigenvalue weighted by Crippen LogP contribution is 2.22. The van der Waals surface area contributed by atoms with Gasteiger partial charge in [-0.1, -0.05) is 6.58 Å². The van der Waals surface area contributed by atoms with Crippen molar-refractivity contribution in [1.29, 1.82) is 0 Å². The fraction of sp³-hybridized carbons (Fsp3) is 0.308. The summed E-state index contributed by atoms with van der Waals surface area (Å²) >= 11 is 0. The Morgan fingerprint density at radius 2 is 1.88 bits per heavy atom. The molecule has 1 aromatic rings. The number of carbonyl (C=O) groups is 1. The van der Waals surface area contributed by atoms with Crippen LogP contribution >= 0.6 is 0 Å². The highest BCUT2D eigenvalue weighted by Gasteiger charge is 2.16. The number of hydrogen-bond acceptors (Lipinski definition) is 2. The quantitative estimate of drug-likeness (QED) is 0.320. The van der Waals surface area contributed by atoms with E-state index in [-0.39, 0.29) is 23.0 Å². The van der Waals surface area contributed by atoms with E-state index in [0.29, 0.717) is 5.75 Å². The number of hydrogen-bond donors (Lipinski definition) is 0. The Balaban J connectivity index is 0.00000256. The van der Waals surface area contributed by atoms with Crippen LogP contribution in [0.1, 0.15) is 6.92 Å². The average molecular weight is 300 g/mol. The zero-order chi connectivity index (χ0) is 12.2. The van der Waals surface area contributed by atoms with Gasteiger partial charge in [0, 0.05) is 19.1 Å². The molecule has 0 atom stereocenters. The van der Waals surface area contributed by atoms with Gasteiger partial charge in [-0.25, -0.2) is 0 Å². The maximum atomic E-state index is 10.8. The zero-order valence-corrected chi connectivity index (χ0v) is 12.0. The lowest BCUT2D eigenvalue weighted by atomic mass is 10.2. The van der Waals surface area contributed by atoms with Gasteiger partial charge in [0.25, 0.3) is 0 Å². The van der Waals surface area contributed by atoms with Crippen molar-refractivity contribution in [3.05, 3.63) is 36.9 Å². The maximum Gasteiger partial charge on any atom is 0.308 e. The average Bonchev–Trinajstić information content (AvgIpc) is 2.17. The number of benzene rings is 1. The number of esters is 1. The van der Waals surface area contributed by atoms with E-state index in [2.05, 4.69) is 20.7 Å². The van der Waals surface area contributed by atoms with Crippen LogP contribution in [-0.4, -0.2) is 26.6 Å². The molecule has 0 bridgehead atoms. The number of quaternary nitrogens is 1. The summed E-state index contributed by atoms with van der Waals surface area (Å²) in [4.78, 5) is 10.8. The van der Waals surface area contributed by atoms with E-state index in [1.807, 2.05) is 18.2 Å². The molecule has 0 unspecified atom stereocenters. The van der Waals surface area contributed by atoms with Crippen LogP contribution in [0.2, 0.25) is 0 Å². The lowest BCUT2D eigenvalue weighted by Gasteiger charge is -2.27. The van der Waals surface area contributed by atoms with Gasteiger partial charge in [-0.05, 0) is 18.2 Å². The SMILES string of the molecule is C=CC[N+](C)(C)c1ccc(OC(C)=O)cc1.[Br-]. The predicted molar refractivity (Wildman–Crippen MR) is 66.5 cm³/mol. The Bertz CT molecular complexity index is 385. The number of likely N-dealkylation sites (N-methyl/N-ethyl adjacent to an activating group) is 1. The Hall–Kier alpha value is -1.13. The molecule has 94 valence electrons. The highest BCUT2D eigenvalue weighted by atomic mass is 79.9. The molecule has 0 aliphatic rings. The van der Waals surface area contributed by atoms with Gasteiger partial charge in [0.05, 0.1) is 14.1 Å². The topological polar surface area (TPSA) is 26.3 Å². The molecule has 3 nitrogen and oxygen atoms in total. The molecule has 0 heterocycles. The van der Waals surface area contributed by atoms with Crippen LogP contribution in [0, 0.1) is 0 Å². The molecule has 0 aromatic heterocycles. The third-order valence-electron chi connectivity index (χ3n) is 2.38. The van der Waals surface area contributed by atoms with E-state index < -0.39 is 0 Å². The molecule has 0 aliphatic heterocycles. The van der Waals surface area contributed by atoms with Crippen LogP contribution in [0.25, 0.3) is 0 Å². The molecule has 17 heavy (non-hydrogen) atoms. The van der Waals surface area contributed by atoms with Crippen molar-refractivity contribution in [1.82, 2.24) is 4.48 Å². The number of carbonyl (C=O) groups excluding carboxylic acids is 1. The second-order valence-electron chi connectivity index (χ2n) is 4.24. The molecule has 0 amide bonds. The third-order valence-corrected chi connectivity index (χ3v) is 2.38. The van der Waals surface area contributed by atoms with Gasteiger partial charge in [-0.15, -0.1) is 0 Å². The van der Waals surface area contributed by atoms with Crippen LogP contribution in [0.15, 0.2) is 36.9 Å². The van der Waals surface area contributed by atoms with Crippen LogP contribution in [-0.2, 0) is 4.79 Å². The summed E-state index contributed by atoms with van der Waals surface area (Å²) < 4.78 is 5.70. The summed E-state index contributed by atoms with van der Waals surface area (Å²) in [6.07, 6.45) is 1.89. The van der Waals surface area contributed by atoms with Crippen LogP contribution in [0.5, 0.6) is 5.75 Å². The molecule has 4 heteroatoms. The van der Waals surface area contributed by atoms with Crippen molar-refractivity contribution >= 4 is 11.7 Å². The van der Waals surface area contributed by atoms with E-state index in [0.717, 1.165) is 16.7 Å². The zero-order valence-electron chi connectivity index (χ0n) is 10.4. The lowest BCUT2D eigenvalue weighted by molar-refractivity contribution is -0.131. The van der Waals surface area contributed by atoms with Gasteiger partial charge in [-0.3, -0.25) is 9.28 Å². The second kappa shape index (κ2) is 6.57. The van der Waals surface area contributed by atoms with Gasteiger partial charge >= 0.3 is 5.97 Å². The fourth-order valence-electron chi connectivity index (χ4n) is 1.51. The minimum Gasteiger partial charge on any atom is -1.00 e. The largest absolute Gasteiger partial charge is 1.00 e. The number of nitrogens with zero attached hydrogens (tertiary/aromatic N) is 1. The number of ether oxygens (including phenoxy) is 1. The molecular formula is C13H18BrNO2. The Morgan fingerprint density at radius 1 is 1.35 bits per heavy atom. The van der Waals surface area contributed by atoms with Gasteiger partial charge in [-0.2, -0.15) is 0 Å². The third kappa shape index (κ3) is 4.71. The smallest absolute Gasteiger partial charge is 0.308 e. The van der Waals surface area contributed by atoms with Crippen LogP contribution in [0.3, 0.4) is 0 Å². The second-order valence-corrected chi connectivity index (χ2v) is 4.24. The van der Waals surface area contributed by atoms with Crippen molar-refractivity contribution in [2.24, 2.45) is 0 Å². The first-order valence-electron chi connectivity index (χ1n) is 5.18. The van der Waals surface area contributed by atoms with Gasteiger partial charge in [0.15, 0.2) is 0 Å². The summed E-state index contributed by atoms with van der Waals surface area (Å²) in [5.74, 6) is 0.280. The van der Waals surface area contributed by atoms with Crippen molar-refractivity contribution in [3.8, 4) is 5.75 Å². The van der Waals surface area contributed by atoms with E-state index in [4.69, 9.17) is 4.74 Å². The summed E-state index contributed by atoms with van der Waals surface area (Å²) in [6.45, 7) is 5.99. The van der Waals surface area contributed by atoms with E-state index in [1.54, 1.807) is 12.1 Å². The molecule has 1 rings (SSSR count). The van der Waals surface area contributed by atoms with E-state index >= 15 is 0 Å². The van der Waals surface area contributed by atoms with Crippen molar-refractivity contribution < 1.29 is 26.5 Å². The first-order valence-corrected chi connectivity index (χ1v) is 5.18. The molecule has 0 aliphatic carbocycles. The molecule has 0 saturated heterocycles. The van der Waals surface area contributed by atoms with E-state index in [9.17, 15) is 4.79 Å². The first kappa shape index (κ1) is 15.9. The minimum atomic E-state index is -0.299. The Kier molecular flexibility index (Phi) is 6.13. The predicted octanol–water partition coefficient (Wildman–Crippen LogP) is -0.631. The van der Waals surface area contributed by atoms with Crippen LogP contribution in [0.4, 0.5) is 5.69 Å². The van der Waals surface area contributed by atoms with Crippen molar-refractivity contribution in [2.75, 3.05) is 20.6 Å². The molecule has 0 fully saturated rings. The summed E-state index contributed by atoms with van der Waals surface area (Å²) in [6, 6.07) is 7.53. The van der Waals surface area contributed by atoms with E-state index in [1.165, 1.54) is 6.92 Å². The van der Waals surface area contributed by atoms with Gasteiger partial charge in [0.1, 0.15) is 18.0 Å². The molecular weight excluding hydrogens is 282 g/mol. The lowest BCUT2D eigenvalue weighted by Crippen LogP contribution is -3.00. The molecule has 1 aromatic carbocycles. The minimum absolute atomic E-state index is 0.